The topological polar surface area (TPSA) is 141 Å². The highest BCUT2D eigenvalue weighted by molar-refractivity contribution is 5.67. The van der Waals surface area contributed by atoms with E-state index in [1.54, 1.807) is 12.1 Å². The summed E-state index contributed by atoms with van der Waals surface area (Å²) in [6.07, 6.45) is 16.0. The minimum atomic E-state index is -0.469. The van der Waals surface area contributed by atoms with Crippen molar-refractivity contribution >= 4 is 40.1 Å². The first-order chi connectivity index (χ1) is 26.2. The molecule has 3 aromatic carbocycles. The second-order valence-corrected chi connectivity index (χ2v) is 13.5. The normalized spacial score (nSPS) is 11.4. The molecule has 0 aromatic heterocycles. The Morgan fingerprint density at radius 1 is 0.648 bits per heavy atom. The van der Waals surface area contributed by atoms with E-state index in [4.69, 9.17) is 14.2 Å². The van der Waals surface area contributed by atoms with Crippen molar-refractivity contribution in [2.24, 2.45) is 20.5 Å². The Balaban J connectivity index is 1.88. The van der Waals surface area contributed by atoms with E-state index in [-0.39, 0.29) is 18.9 Å². The number of carbonyl (C=O) groups is 1. The number of aryl methyl sites for hydroxylation is 1. The Kier molecular flexibility index (Phi) is 20.3. The van der Waals surface area contributed by atoms with Crippen LogP contribution in [-0.4, -0.2) is 43.8 Å². The van der Waals surface area contributed by atoms with Gasteiger partial charge in [-0.2, -0.15) is 10.2 Å². The molecule has 294 valence electrons. The molecule has 0 unspecified atom stereocenters. The van der Waals surface area contributed by atoms with Gasteiger partial charge in [-0.05, 0) is 62.1 Å². The van der Waals surface area contributed by atoms with Crippen molar-refractivity contribution in [1.29, 1.82) is 0 Å². The van der Waals surface area contributed by atoms with E-state index in [2.05, 4.69) is 58.3 Å². The second-order valence-electron chi connectivity index (χ2n) is 13.5. The lowest BCUT2D eigenvalue weighted by atomic mass is 10.1. The molecular weight excluding hydrogens is 684 g/mol. The number of anilines is 1. The Morgan fingerprint density at radius 2 is 1.19 bits per heavy atom. The molecule has 54 heavy (non-hydrogen) atoms. The van der Waals surface area contributed by atoms with Crippen molar-refractivity contribution in [3.05, 3.63) is 70.3 Å². The summed E-state index contributed by atoms with van der Waals surface area (Å²) in [6.45, 7) is 12.6. The van der Waals surface area contributed by atoms with Crippen molar-refractivity contribution in [2.75, 3.05) is 37.8 Å². The molecule has 0 radical (unpaired) electrons. The summed E-state index contributed by atoms with van der Waals surface area (Å²) in [5.74, 6) is 0.373. The highest BCUT2D eigenvalue weighted by Gasteiger charge is 2.15. The van der Waals surface area contributed by atoms with Gasteiger partial charge < -0.3 is 19.1 Å². The second kappa shape index (κ2) is 25.2. The van der Waals surface area contributed by atoms with Gasteiger partial charge in [0.25, 0.3) is 5.69 Å². The van der Waals surface area contributed by atoms with Gasteiger partial charge in [-0.25, -0.2) is 0 Å². The molecule has 3 aromatic rings. The third-order valence-electron chi connectivity index (χ3n) is 8.86. The molecule has 0 atom stereocenters. The molecule has 12 heteroatoms. The number of hydrogen-bond donors (Lipinski definition) is 0. The molecule has 0 aliphatic heterocycles. The third-order valence-corrected chi connectivity index (χ3v) is 8.86. The number of esters is 1. The molecule has 0 heterocycles. The molecular formula is C42H60N6O6. The van der Waals surface area contributed by atoms with Gasteiger partial charge in [0.15, 0.2) is 0 Å². The van der Waals surface area contributed by atoms with Gasteiger partial charge in [-0.15, -0.1) is 10.2 Å². The molecule has 0 aliphatic carbocycles. The minimum Gasteiger partial charge on any atom is -0.491 e. The number of nitro benzene ring substituents is 1. The third kappa shape index (κ3) is 16.0. The fourth-order valence-corrected chi connectivity index (χ4v) is 5.82. The zero-order valence-electron chi connectivity index (χ0n) is 33.1. The van der Waals surface area contributed by atoms with Gasteiger partial charge in [-0.3, -0.25) is 14.9 Å². The summed E-state index contributed by atoms with van der Waals surface area (Å²) in [6, 6.07) is 15.5. The van der Waals surface area contributed by atoms with E-state index >= 15 is 0 Å². The highest BCUT2D eigenvalue weighted by atomic mass is 16.6. The fourth-order valence-electron chi connectivity index (χ4n) is 5.82. The predicted octanol–water partition coefficient (Wildman–Crippen LogP) is 13.0. The van der Waals surface area contributed by atoms with E-state index in [1.165, 1.54) is 114 Å². The molecule has 0 N–H and O–H groups in total. The van der Waals surface area contributed by atoms with Crippen LogP contribution in [0.4, 0.5) is 34.1 Å². The van der Waals surface area contributed by atoms with Crippen LogP contribution in [0.25, 0.3) is 0 Å². The average molecular weight is 745 g/mol. The van der Waals surface area contributed by atoms with Crippen LogP contribution in [-0.2, 0) is 9.53 Å². The van der Waals surface area contributed by atoms with E-state index < -0.39 is 10.9 Å². The van der Waals surface area contributed by atoms with Gasteiger partial charge in [0.1, 0.15) is 36.1 Å². The summed E-state index contributed by atoms with van der Waals surface area (Å²) in [4.78, 5) is 24.5. The maximum absolute atomic E-state index is 11.4. The van der Waals surface area contributed by atoms with Gasteiger partial charge >= 0.3 is 5.97 Å². The van der Waals surface area contributed by atoms with Gasteiger partial charge in [0.2, 0.25) is 0 Å². The number of nitrogens with zero attached hydrogens (tertiary/aromatic N) is 6. The minimum absolute atomic E-state index is 0.0392. The van der Waals surface area contributed by atoms with Crippen molar-refractivity contribution in [2.45, 2.75) is 118 Å². The van der Waals surface area contributed by atoms with E-state index in [0.717, 1.165) is 30.8 Å². The molecule has 12 nitrogen and oxygen atoms in total. The summed E-state index contributed by atoms with van der Waals surface area (Å²) in [5.41, 5.74) is 4.14. The quantitative estimate of drug-likeness (QED) is 0.0249. The van der Waals surface area contributed by atoms with Gasteiger partial charge in [-0.1, -0.05) is 85.0 Å². The van der Waals surface area contributed by atoms with E-state index in [0.29, 0.717) is 35.2 Å². The number of unbranched alkanes of at least 4 members (excludes halogenated alkanes) is 10. The summed E-state index contributed by atoms with van der Waals surface area (Å²) in [5, 5.41) is 29.0. The molecule has 3 rings (SSSR count). The number of benzene rings is 3. The van der Waals surface area contributed by atoms with Crippen LogP contribution in [0.2, 0.25) is 0 Å². The number of hydrogen-bond acceptors (Lipinski definition) is 11. The Bertz CT molecular complexity index is 1610. The first-order valence-corrected chi connectivity index (χ1v) is 19.8. The summed E-state index contributed by atoms with van der Waals surface area (Å²) in [7, 11) is 0. The van der Waals surface area contributed by atoms with Crippen LogP contribution in [0.1, 0.15) is 117 Å². The van der Waals surface area contributed by atoms with Crippen molar-refractivity contribution in [1.82, 2.24) is 0 Å². The van der Waals surface area contributed by atoms with Crippen LogP contribution >= 0.6 is 0 Å². The number of nitro groups is 1. The number of rotatable bonds is 27. The molecule has 0 saturated carbocycles. The lowest BCUT2D eigenvalue weighted by Gasteiger charge is -2.26. The fraction of sp³-hybridized carbons (Fsp3) is 0.548. The zero-order valence-corrected chi connectivity index (χ0v) is 33.1. The smallest absolute Gasteiger partial charge is 0.302 e. The molecule has 0 saturated heterocycles. The average Bonchev–Trinajstić information content (AvgIpc) is 3.16. The lowest BCUT2D eigenvalue weighted by Crippen LogP contribution is -2.25. The van der Waals surface area contributed by atoms with Gasteiger partial charge in [0, 0.05) is 50.0 Å². The first-order valence-electron chi connectivity index (χ1n) is 19.8. The van der Waals surface area contributed by atoms with Crippen molar-refractivity contribution in [3.8, 4) is 11.5 Å². The number of azo groups is 2. The molecule has 0 bridgehead atoms. The van der Waals surface area contributed by atoms with Crippen molar-refractivity contribution in [3.63, 3.8) is 0 Å². The standard InChI is InChI=1S/C42H60N6O6/c1-6-9-11-13-15-17-25-47(26-18-16-14-12-10-7-2)37-23-24-38(33(4)30-37)44-46-40-32-41(53-27-8-3)39(31-42(40)54-29-28-52-34(5)49)45-43-35-19-21-36(22-20-35)48(50)51/h19-24,30-32H,6-18,25-29H2,1-5H3. The highest BCUT2D eigenvalue weighted by Crippen LogP contribution is 2.42. The Hall–Kier alpha value is -4.87. The van der Waals surface area contributed by atoms with Crippen LogP contribution < -0.4 is 14.4 Å². The maximum atomic E-state index is 11.4. The van der Waals surface area contributed by atoms with Crippen LogP contribution in [0.15, 0.2) is 75.1 Å². The van der Waals surface area contributed by atoms with Crippen LogP contribution in [0.3, 0.4) is 0 Å². The summed E-state index contributed by atoms with van der Waals surface area (Å²) < 4.78 is 17.1. The van der Waals surface area contributed by atoms with E-state index in [9.17, 15) is 14.9 Å². The van der Waals surface area contributed by atoms with Crippen LogP contribution in [0, 0.1) is 17.0 Å². The Morgan fingerprint density at radius 3 is 1.72 bits per heavy atom. The molecule has 0 amide bonds. The zero-order chi connectivity index (χ0) is 39.0. The van der Waals surface area contributed by atoms with Crippen molar-refractivity contribution < 1.29 is 23.9 Å². The molecule has 0 aliphatic rings. The summed E-state index contributed by atoms with van der Waals surface area (Å²) >= 11 is 0. The van der Waals surface area contributed by atoms with Crippen LogP contribution in [0.5, 0.6) is 11.5 Å². The number of carbonyl (C=O) groups excluding carboxylic acids is 1. The number of ether oxygens (including phenoxy) is 3. The first kappa shape index (κ1) is 43.5. The molecule has 0 fully saturated rings. The Labute approximate surface area is 321 Å². The van der Waals surface area contributed by atoms with E-state index in [1.807, 2.05) is 13.0 Å². The molecule has 0 spiro atoms. The monoisotopic (exact) mass is 744 g/mol. The number of non-ortho nitro benzene ring substituents is 1. The largest absolute Gasteiger partial charge is 0.491 e. The maximum Gasteiger partial charge on any atom is 0.302 e. The predicted molar refractivity (Wildman–Crippen MR) is 216 cm³/mol. The SMILES string of the molecule is CCCCCCCCN(CCCCCCCC)c1ccc(N=Nc2cc(OCCC)c(N=Nc3ccc([N+](=O)[O-])cc3)cc2OCCOC(C)=O)c(C)c1. The van der Waals surface area contributed by atoms with Gasteiger partial charge in [0.05, 0.1) is 22.9 Å². The lowest BCUT2D eigenvalue weighted by molar-refractivity contribution is -0.384.